The first-order valence-corrected chi connectivity index (χ1v) is 6.76. The van der Waals surface area contributed by atoms with Crippen LogP contribution in [-0.4, -0.2) is 34.1 Å². The first-order chi connectivity index (χ1) is 10.8. The molecular weight excluding hydrogens is 278 g/mol. The maximum atomic E-state index is 5.13. The zero-order valence-corrected chi connectivity index (χ0v) is 12.3. The van der Waals surface area contributed by atoms with Crippen molar-refractivity contribution < 1.29 is 4.74 Å². The van der Waals surface area contributed by atoms with Crippen molar-refractivity contribution in [2.24, 2.45) is 0 Å². The molecule has 0 saturated heterocycles. The van der Waals surface area contributed by atoms with Crippen LogP contribution in [0.3, 0.4) is 0 Å². The van der Waals surface area contributed by atoms with Crippen molar-refractivity contribution in [3.05, 3.63) is 55.0 Å². The van der Waals surface area contributed by atoms with E-state index in [1.807, 2.05) is 48.3 Å². The van der Waals surface area contributed by atoms with Gasteiger partial charge in [0.25, 0.3) is 0 Å². The van der Waals surface area contributed by atoms with Gasteiger partial charge in [-0.2, -0.15) is 4.98 Å². The van der Waals surface area contributed by atoms with Crippen molar-refractivity contribution in [1.29, 1.82) is 0 Å². The minimum Gasteiger partial charge on any atom is -0.481 e. The number of aromatic nitrogens is 4. The predicted octanol–water partition coefficient (Wildman–Crippen LogP) is 2.71. The fourth-order valence-electron chi connectivity index (χ4n) is 2.02. The molecule has 2 heterocycles. The number of hydrogen-bond acceptors (Lipinski definition) is 6. The van der Waals surface area contributed by atoms with Crippen LogP contribution in [0.1, 0.15) is 0 Å². The quantitative estimate of drug-likeness (QED) is 0.737. The Morgan fingerprint density at radius 3 is 2.59 bits per heavy atom. The zero-order valence-electron chi connectivity index (χ0n) is 12.3. The minimum absolute atomic E-state index is 0.524. The molecule has 0 aliphatic rings. The van der Waals surface area contributed by atoms with Gasteiger partial charge in [0.2, 0.25) is 11.8 Å². The lowest BCUT2D eigenvalue weighted by atomic mass is 10.2. The van der Waals surface area contributed by atoms with Gasteiger partial charge in [0.1, 0.15) is 6.33 Å². The summed E-state index contributed by atoms with van der Waals surface area (Å²) < 4.78 is 5.13. The topological polar surface area (TPSA) is 64.0 Å². The van der Waals surface area contributed by atoms with Gasteiger partial charge in [-0.25, -0.2) is 15.0 Å². The average Bonchev–Trinajstić information content (AvgIpc) is 2.62. The number of para-hydroxylation sites is 1. The molecule has 3 aromatic rings. The van der Waals surface area contributed by atoms with Crippen LogP contribution in [0.2, 0.25) is 0 Å². The lowest BCUT2D eigenvalue weighted by Crippen LogP contribution is -2.13. The van der Waals surface area contributed by atoms with Crippen LogP contribution in [0.25, 0.3) is 11.4 Å². The standard InChI is InChI=1S/C16H15N5O/c1-21(13-6-4-3-5-7-13)16-19-11-18-15(20-16)12-8-9-17-14(10-12)22-2/h3-11H,1-2H3. The summed E-state index contributed by atoms with van der Waals surface area (Å²) in [6.45, 7) is 0. The number of hydrogen-bond donors (Lipinski definition) is 0. The van der Waals surface area contributed by atoms with Gasteiger partial charge in [0.05, 0.1) is 7.11 Å². The van der Waals surface area contributed by atoms with Crippen molar-refractivity contribution >= 4 is 11.6 Å². The summed E-state index contributed by atoms with van der Waals surface area (Å²) in [5.74, 6) is 1.68. The molecule has 0 amide bonds. The zero-order chi connectivity index (χ0) is 15.4. The molecule has 3 rings (SSSR count). The summed E-state index contributed by atoms with van der Waals surface area (Å²) >= 11 is 0. The van der Waals surface area contributed by atoms with Gasteiger partial charge in [-0.1, -0.05) is 18.2 Å². The molecule has 22 heavy (non-hydrogen) atoms. The molecule has 0 radical (unpaired) electrons. The van der Waals surface area contributed by atoms with Crippen LogP contribution in [0, 0.1) is 0 Å². The van der Waals surface area contributed by atoms with Gasteiger partial charge in [-0.15, -0.1) is 0 Å². The summed E-state index contributed by atoms with van der Waals surface area (Å²) in [5.41, 5.74) is 1.84. The minimum atomic E-state index is 0.524. The molecule has 0 spiro atoms. The second kappa shape index (κ2) is 6.17. The van der Waals surface area contributed by atoms with Crippen molar-refractivity contribution in [3.63, 3.8) is 0 Å². The highest BCUT2D eigenvalue weighted by Gasteiger charge is 2.10. The highest BCUT2D eigenvalue weighted by atomic mass is 16.5. The molecule has 0 fully saturated rings. The fourth-order valence-corrected chi connectivity index (χ4v) is 2.02. The van der Waals surface area contributed by atoms with E-state index in [2.05, 4.69) is 19.9 Å². The van der Waals surface area contributed by atoms with E-state index in [0.29, 0.717) is 17.7 Å². The maximum absolute atomic E-state index is 5.13. The largest absolute Gasteiger partial charge is 0.481 e. The van der Waals surface area contributed by atoms with Gasteiger partial charge in [-0.3, -0.25) is 0 Å². The second-order valence-corrected chi connectivity index (χ2v) is 4.59. The van der Waals surface area contributed by atoms with Crippen LogP contribution >= 0.6 is 0 Å². The normalized spacial score (nSPS) is 10.3. The van der Waals surface area contributed by atoms with Crippen molar-refractivity contribution in [1.82, 2.24) is 19.9 Å². The summed E-state index contributed by atoms with van der Waals surface area (Å²) in [6, 6.07) is 13.5. The van der Waals surface area contributed by atoms with Gasteiger partial charge >= 0.3 is 0 Å². The lowest BCUT2D eigenvalue weighted by Gasteiger charge is -2.17. The lowest BCUT2D eigenvalue weighted by molar-refractivity contribution is 0.398. The molecule has 0 aliphatic heterocycles. The maximum Gasteiger partial charge on any atom is 0.233 e. The predicted molar refractivity (Wildman–Crippen MR) is 84.1 cm³/mol. The third-order valence-electron chi connectivity index (χ3n) is 3.20. The van der Waals surface area contributed by atoms with Crippen molar-refractivity contribution in [3.8, 4) is 17.3 Å². The van der Waals surface area contributed by atoms with E-state index >= 15 is 0 Å². The number of benzene rings is 1. The van der Waals surface area contributed by atoms with Gasteiger partial charge in [-0.05, 0) is 18.2 Å². The van der Waals surface area contributed by atoms with Crippen molar-refractivity contribution in [2.75, 3.05) is 19.1 Å². The molecule has 0 unspecified atom stereocenters. The number of methoxy groups -OCH3 is 1. The van der Waals surface area contributed by atoms with Crippen LogP contribution in [0.5, 0.6) is 5.88 Å². The van der Waals surface area contributed by atoms with Crippen LogP contribution in [0.4, 0.5) is 11.6 Å². The molecular formula is C16H15N5O. The van der Waals surface area contributed by atoms with Gasteiger partial charge < -0.3 is 9.64 Å². The first-order valence-electron chi connectivity index (χ1n) is 6.76. The summed E-state index contributed by atoms with van der Waals surface area (Å²) in [5, 5.41) is 0. The molecule has 0 saturated carbocycles. The highest BCUT2D eigenvalue weighted by Crippen LogP contribution is 2.22. The Morgan fingerprint density at radius 1 is 1.00 bits per heavy atom. The molecule has 2 aromatic heterocycles. The van der Waals surface area contributed by atoms with Crippen LogP contribution < -0.4 is 9.64 Å². The number of pyridine rings is 1. The van der Waals surface area contributed by atoms with Gasteiger partial charge in [0, 0.05) is 30.6 Å². The van der Waals surface area contributed by atoms with E-state index in [1.54, 1.807) is 19.4 Å². The first kappa shape index (κ1) is 13.9. The molecule has 0 N–H and O–H groups in total. The Hall–Kier alpha value is -3.02. The molecule has 1 aromatic carbocycles. The summed E-state index contributed by atoms with van der Waals surface area (Å²) in [7, 11) is 3.50. The second-order valence-electron chi connectivity index (χ2n) is 4.59. The van der Waals surface area contributed by atoms with Gasteiger partial charge in [0.15, 0.2) is 5.82 Å². The molecule has 0 aliphatic carbocycles. The van der Waals surface area contributed by atoms with E-state index in [9.17, 15) is 0 Å². The summed E-state index contributed by atoms with van der Waals surface area (Å²) in [4.78, 5) is 19.0. The third kappa shape index (κ3) is 2.85. The Morgan fingerprint density at radius 2 is 1.82 bits per heavy atom. The molecule has 6 nitrogen and oxygen atoms in total. The van der Waals surface area contributed by atoms with E-state index < -0.39 is 0 Å². The van der Waals surface area contributed by atoms with E-state index in [0.717, 1.165) is 11.3 Å². The fraction of sp³-hybridized carbons (Fsp3) is 0.125. The Kier molecular flexibility index (Phi) is 3.91. The average molecular weight is 293 g/mol. The van der Waals surface area contributed by atoms with E-state index in [4.69, 9.17) is 4.74 Å². The van der Waals surface area contributed by atoms with Crippen molar-refractivity contribution in [2.45, 2.75) is 0 Å². The number of anilines is 2. The smallest absolute Gasteiger partial charge is 0.233 e. The molecule has 0 bridgehead atoms. The molecule has 110 valence electrons. The van der Waals surface area contributed by atoms with E-state index in [1.165, 1.54) is 6.33 Å². The Bertz CT molecular complexity index is 763. The number of ether oxygens (including phenoxy) is 1. The Balaban J connectivity index is 1.95. The SMILES string of the molecule is COc1cc(-c2ncnc(N(C)c3ccccc3)n2)ccn1. The van der Waals surface area contributed by atoms with E-state index in [-0.39, 0.29) is 0 Å². The molecule has 6 heteroatoms. The molecule has 0 atom stereocenters. The Labute approximate surface area is 128 Å². The summed E-state index contributed by atoms with van der Waals surface area (Å²) in [6.07, 6.45) is 3.17. The van der Waals surface area contributed by atoms with Crippen LogP contribution in [0.15, 0.2) is 55.0 Å². The van der Waals surface area contributed by atoms with Crippen LogP contribution in [-0.2, 0) is 0 Å². The highest BCUT2D eigenvalue weighted by molar-refractivity contribution is 5.60. The number of rotatable bonds is 4. The number of nitrogens with zero attached hydrogens (tertiary/aromatic N) is 5. The monoisotopic (exact) mass is 293 g/mol. The third-order valence-corrected chi connectivity index (χ3v) is 3.20.